The van der Waals surface area contributed by atoms with Crippen LogP contribution in [0, 0.1) is 20.8 Å². The average molecular weight is 293 g/mol. The van der Waals surface area contributed by atoms with Crippen molar-refractivity contribution >= 4 is 17.4 Å². The number of carbonyl (C=O) groups is 1. The number of benzene rings is 1. The number of nitrogens with one attached hydrogen (secondary N) is 1. The molecule has 0 aliphatic rings. The van der Waals surface area contributed by atoms with Gasteiger partial charge in [-0.25, -0.2) is 4.98 Å². The fourth-order valence-electron chi connectivity index (χ4n) is 2.75. The van der Waals surface area contributed by atoms with Crippen molar-refractivity contribution < 1.29 is 4.79 Å². The van der Waals surface area contributed by atoms with Crippen LogP contribution in [0.15, 0.2) is 36.5 Å². The lowest BCUT2D eigenvalue weighted by molar-refractivity contribution is -0.114. The lowest BCUT2D eigenvalue weighted by Crippen LogP contribution is -2.09. The van der Waals surface area contributed by atoms with Crippen molar-refractivity contribution in [1.29, 1.82) is 0 Å². The van der Waals surface area contributed by atoms with Crippen LogP contribution in [0.5, 0.6) is 0 Å². The predicted molar refractivity (Wildman–Crippen MR) is 89.1 cm³/mol. The largest absolute Gasteiger partial charge is 0.310 e. The Balaban J connectivity index is 2.29. The van der Waals surface area contributed by atoms with Gasteiger partial charge in [0.05, 0.1) is 0 Å². The minimum atomic E-state index is -0.104. The Morgan fingerprint density at radius 1 is 1.05 bits per heavy atom. The molecule has 1 amide bonds. The van der Waals surface area contributed by atoms with E-state index in [1.165, 1.54) is 18.1 Å². The average Bonchev–Trinajstić information content (AvgIpc) is 2.75. The Morgan fingerprint density at radius 3 is 2.36 bits per heavy atom. The van der Waals surface area contributed by atoms with E-state index in [2.05, 4.69) is 37.4 Å². The lowest BCUT2D eigenvalue weighted by Gasteiger charge is -2.07. The van der Waals surface area contributed by atoms with Crippen molar-refractivity contribution in [3.63, 3.8) is 0 Å². The third-order valence-corrected chi connectivity index (χ3v) is 3.57. The summed E-state index contributed by atoms with van der Waals surface area (Å²) in [7, 11) is 0. The second-order valence-electron chi connectivity index (χ2n) is 5.80. The highest BCUT2D eigenvalue weighted by atomic mass is 16.1. The van der Waals surface area contributed by atoms with Crippen LogP contribution in [0.4, 0.5) is 5.82 Å². The molecule has 0 bridgehead atoms. The summed E-state index contributed by atoms with van der Waals surface area (Å²) in [5, 5.41) is 2.91. The van der Waals surface area contributed by atoms with Gasteiger partial charge in [0.2, 0.25) is 5.91 Å². The number of aryl methyl sites for hydroxylation is 3. The van der Waals surface area contributed by atoms with Gasteiger partial charge in [-0.2, -0.15) is 0 Å². The molecule has 0 fully saturated rings. The Morgan fingerprint density at radius 2 is 1.73 bits per heavy atom. The topological polar surface area (TPSA) is 46.4 Å². The zero-order valence-electron chi connectivity index (χ0n) is 13.3. The number of hydrogen-bond acceptors (Lipinski definition) is 2. The number of hydrogen-bond donors (Lipinski definition) is 1. The molecule has 2 aromatic heterocycles. The number of rotatable bonds is 2. The summed E-state index contributed by atoms with van der Waals surface area (Å²) in [4.78, 5) is 16.3. The van der Waals surface area contributed by atoms with Gasteiger partial charge < -0.3 is 5.32 Å². The van der Waals surface area contributed by atoms with Gasteiger partial charge in [-0.1, -0.05) is 17.2 Å². The molecule has 4 heteroatoms. The molecule has 3 rings (SSSR count). The summed E-state index contributed by atoms with van der Waals surface area (Å²) in [5.74, 6) is 0.612. The van der Waals surface area contributed by atoms with Gasteiger partial charge >= 0.3 is 0 Å². The van der Waals surface area contributed by atoms with E-state index in [4.69, 9.17) is 4.98 Å². The molecule has 1 aromatic carbocycles. The first-order valence-corrected chi connectivity index (χ1v) is 7.29. The molecule has 0 saturated carbocycles. The molecule has 0 aliphatic carbocycles. The Bertz CT molecular complexity index is 857. The Labute approximate surface area is 129 Å². The van der Waals surface area contributed by atoms with Crippen molar-refractivity contribution in [3.05, 3.63) is 53.2 Å². The minimum absolute atomic E-state index is 0.104. The maximum absolute atomic E-state index is 11.6. The zero-order chi connectivity index (χ0) is 15.9. The van der Waals surface area contributed by atoms with Crippen LogP contribution in [-0.4, -0.2) is 15.3 Å². The highest BCUT2D eigenvalue weighted by molar-refractivity contribution is 5.93. The summed E-state index contributed by atoms with van der Waals surface area (Å²) < 4.78 is 1.92. The Kier molecular flexibility index (Phi) is 3.45. The van der Waals surface area contributed by atoms with Crippen LogP contribution in [0.3, 0.4) is 0 Å². The number of pyridine rings is 1. The van der Waals surface area contributed by atoms with Crippen LogP contribution in [0.1, 0.15) is 23.6 Å². The number of fused-ring (bicyclic) bond motifs is 1. The molecular weight excluding hydrogens is 274 g/mol. The van der Waals surface area contributed by atoms with Crippen LogP contribution in [0.2, 0.25) is 0 Å². The third kappa shape index (κ3) is 2.60. The number of nitrogens with zero attached hydrogens (tertiary/aromatic N) is 2. The van der Waals surface area contributed by atoms with Crippen molar-refractivity contribution in [2.45, 2.75) is 27.7 Å². The van der Waals surface area contributed by atoms with Gasteiger partial charge in [0.1, 0.15) is 17.2 Å². The standard InChI is InChI=1S/C18H19N3O/c1-11-5-6-21-16(10-11)20-17(18(21)19-14(4)22)15-8-12(2)7-13(3)9-15/h5-10H,1-4H3,(H,19,22). The van der Waals surface area contributed by atoms with Crippen LogP contribution in [0.25, 0.3) is 16.9 Å². The Hall–Kier alpha value is -2.62. The van der Waals surface area contributed by atoms with Crippen LogP contribution in [-0.2, 0) is 4.79 Å². The predicted octanol–water partition coefficient (Wildman–Crippen LogP) is 3.88. The number of carbonyl (C=O) groups excluding carboxylic acids is 1. The lowest BCUT2D eigenvalue weighted by atomic mass is 10.1. The first-order chi connectivity index (χ1) is 10.4. The monoisotopic (exact) mass is 293 g/mol. The summed E-state index contributed by atoms with van der Waals surface area (Å²) >= 11 is 0. The van der Waals surface area contributed by atoms with E-state index in [9.17, 15) is 4.79 Å². The highest BCUT2D eigenvalue weighted by Crippen LogP contribution is 2.30. The third-order valence-electron chi connectivity index (χ3n) is 3.57. The van der Waals surface area contributed by atoms with E-state index in [-0.39, 0.29) is 5.91 Å². The molecule has 0 aliphatic heterocycles. The van der Waals surface area contributed by atoms with Crippen LogP contribution < -0.4 is 5.32 Å². The smallest absolute Gasteiger partial charge is 0.222 e. The van der Waals surface area contributed by atoms with E-state index in [0.29, 0.717) is 5.82 Å². The fraction of sp³-hybridized carbons (Fsp3) is 0.222. The van der Waals surface area contributed by atoms with Gasteiger partial charge in [0.25, 0.3) is 0 Å². The van der Waals surface area contributed by atoms with Gasteiger partial charge in [0, 0.05) is 18.7 Å². The second-order valence-corrected chi connectivity index (χ2v) is 5.80. The summed E-state index contributed by atoms with van der Waals surface area (Å²) in [5.41, 5.74) is 6.14. The van der Waals surface area contributed by atoms with Crippen molar-refractivity contribution in [1.82, 2.24) is 9.38 Å². The second kappa shape index (κ2) is 5.30. The number of anilines is 1. The van der Waals surface area contributed by atoms with Gasteiger partial charge in [-0.05, 0) is 50.6 Å². The minimum Gasteiger partial charge on any atom is -0.310 e. The quantitative estimate of drug-likeness (QED) is 0.779. The first-order valence-electron chi connectivity index (χ1n) is 7.29. The van der Waals surface area contributed by atoms with Crippen LogP contribution >= 0.6 is 0 Å². The van der Waals surface area contributed by atoms with Gasteiger partial charge in [-0.3, -0.25) is 9.20 Å². The maximum Gasteiger partial charge on any atom is 0.222 e. The van der Waals surface area contributed by atoms with E-state index in [1.54, 1.807) is 0 Å². The van der Waals surface area contributed by atoms with Gasteiger partial charge in [0.15, 0.2) is 0 Å². The van der Waals surface area contributed by atoms with Crippen molar-refractivity contribution in [2.75, 3.05) is 5.32 Å². The first kappa shape index (κ1) is 14.3. The number of aromatic nitrogens is 2. The molecular formula is C18H19N3O. The van der Waals surface area contributed by atoms with E-state index in [0.717, 1.165) is 22.5 Å². The molecule has 3 aromatic rings. The summed E-state index contributed by atoms with van der Waals surface area (Å²) in [6.45, 7) is 7.67. The molecule has 22 heavy (non-hydrogen) atoms. The van der Waals surface area contributed by atoms with Gasteiger partial charge in [-0.15, -0.1) is 0 Å². The molecule has 2 heterocycles. The summed E-state index contributed by atoms with van der Waals surface area (Å²) in [6.07, 6.45) is 1.94. The molecule has 0 atom stereocenters. The van der Waals surface area contributed by atoms with Crippen molar-refractivity contribution in [3.8, 4) is 11.3 Å². The van der Waals surface area contributed by atoms with Crippen molar-refractivity contribution in [2.24, 2.45) is 0 Å². The number of amides is 1. The SMILES string of the molecule is CC(=O)Nc1c(-c2cc(C)cc(C)c2)nc2cc(C)ccn12. The molecule has 0 radical (unpaired) electrons. The molecule has 0 spiro atoms. The van der Waals surface area contributed by atoms with E-state index in [1.807, 2.05) is 29.7 Å². The van der Waals surface area contributed by atoms with E-state index < -0.39 is 0 Å². The maximum atomic E-state index is 11.6. The molecule has 0 unspecified atom stereocenters. The molecule has 4 nitrogen and oxygen atoms in total. The fourth-order valence-corrected chi connectivity index (χ4v) is 2.75. The highest BCUT2D eigenvalue weighted by Gasteiger charge is 2.15. The molecule has 1 N–H and O–H groups in total. The zero-order valence-corrected chi connectivity index (χ0v) is 13.3. The normalized spacial score (nSPS) is 10.9. The van der Waals surface area contributed by atoms with E-state index >= 15 is 0 Å². The number of imidazole rings is 1. The summed E-state index contributed by atoms with van der Waals surface area (Å²) in [6, 6.07) is 10.3. The molecule has 112 valence electrons. The molecule has 0 saturated heterocycles.